The molecule has 2 N–H and O–H groups in total. The summed E-state index contributed by atoms with van der Waals surface area (Å²) in [6.45, 7) is 4.97. The van der Waals surface area contributed by atoms with Gasteiger partial charge >= 0.3 is 0 Å². The highest BCUT2D eigenvalue weighted by Gasteiger charge is 2.17. The minimum absolute atomic E-state index is 0.278. The lowest BCUT2D eigenvalue weighted by Gasteiger charge is -2.25. The lowest BCUT2D eigenvalue weighted by Crippen LogP contribution is -2.36. The summed E-state index contributed by atoms with van der Waals surface area (Å²) >= 11 is 7.10. The Morgan fingerprint density at radius 3 is 3.00 bits per heavy atom. The summed E-state index contributed by atoms with van der Waals surface area (Å²) in [5.41, 5.74) is 2.00. The lowest BCUT2D eigenvalue weighted by molar-refractivity contribution is 0.114. The van der Waals surface area contributed by atoms with Crippen molar-refractivity contribution in [1.82, 2.24) is 10.3 Å². The van der Waals surface area contributed by atoms with Gasteiger partial charge in [-0.1, -0.05) is 11.3 Å². The molecule has 0 spiro atoms. The highest BCUT2D eigenvalue weighted by atomic mass is 32.1. The number of fused-ring (bicyclic) bond motifs is 1. The summed E-state index contributed by atoms with van der Waals surface area (Å²) in [5, 5.41) is 8.19. The molecular weight excluding hydrogens is 356 g/mol. The SMILES string of the molecule is S=C(NC[C@@H]1CCCO1)Nc1ccc2nc(N3CCOCC3)sc2c1. The molecule has 2 fully saturated rings. The van der Waals surface area contributed by atoms with Crippen LogP contribution in [0.5, 0.6) is 0 Å². The Morgan fingerprint density at radius 2 is 2.20 bits per heavy atom. The van der Waals surface area contributed by atoms with Crippen molar-refractivity contribution in [3.8, 4) is 0 Å². The quantitative estimate of drug-likeness (QED) is 0.793. The van der Waals surface area contributed by atoms with Gasteiger partial charge in [0, 0.05) is 31.9 Å². The molecule has 0 unspecified atom stereocenters. The fourth-order valence-electron chi connectivity index (χ4n) is 3.07. The number of rotatable bonds is 4. The third-order valence-electron chi connectivity index (χ3n) is 4.43. The number of nitrogens with zero attached hydrogens (tertiary/aromatic N) is 2. The second-order valence-corrected chi connectivity index (χ2v) is 7.67. The molecule has 1 atom stereocenters. The molecule has 1 aromatic heterocycles. The number of nitrogens with one attached hydrogen (secondary N) is 2. The molecule has 2 aliphatic heterocycles. The van der Waals surface area contributed by atoms with Crippen molar-refractivity contribution in [2.24, 2.45) is 0 Å². The molecule has 2 saturated heterocycles. The van der Waals surface area contributed by atoms with E-state index in [0.717, 1.165) is 73.3 Å². The van der Waals surface area contributed by atoms with E-state index in [2.05, 4.69) is 21.6 Å². The second-order valence-electron chi connectivity index (χ2n) is 6.25. The maximum atomic E-state index is 5.60. The zero-order valence-corrected chi connectivity index (χ0v) is 15.6. The summed E-state index contributed by atoms with van der Waals surface area (Å²) in [6, 6.07) is 6.17. The Bertz CT molecular complexity index is 739. The normalized spacial score (nSPS) is 20.8. The van der Waals surface area contributed by atoms with Gasteiger partial charge in [-0.25, -0.2) is 4.98 Å². The zero-order valence-electron chi connectivity index (χ0n) is 14.0. The minimum atomic E-state index is 0.278. The highest BCUT2D eigenvalue weighted by Crippen LogP contribution is 2.31. The van der Waals surface area contributed by atoms with Crippen molar-refractivity contribution in [2.45, 2.75) is 18.9 Å². The Hall–Kier alpha value is -1.48. The van der Waals surface area contributed by atoms with E-state index in [1.807, 2.05) is 12.1 Å². The van der Waals surface area contributed by atoms with E-state index in [1.165, 1.54) is 0 Å². The van der Waals surface area contributed by atoms with Crippen LogP contribution in [0.2, 0.25) is 0 Å². The standard InChI is InChI=1S/C17H22N4O2S2/c24-16(18-11-13-2-1-7-23-13)19-12-3-4-14-15(10-12)25-17(20-14)21-5-8-22-9-6-21/h3-4,10,13H,1-2,5-9,11H2,(H2,18,19,24)/t13-/m0/s1. The molecule has 0 bridgehead atoms. The molecule has 2 aliphatic rings. The number of aromatic nitrogens is 1. The first kappa shape index (κ1) is 17.0. The predicted molar refractivity (Wildman–Crippen MR) is 106 cm³/mol. The number of ether oxygens (including phenoxy) is 2. The van der Waals surface area contributed by atoms with E-state index in [1.54, 1.807) is 11.3 Å². The first-order valence-corrected chi connectivity index (χ1v) is 9.90. The Balaban J connectivity index is 1.39. The van der Waals surface area contributed by atoms with Crippen molar-refractivity contribution in [3.05, 3.63) is 18.2 Å². The summed E-state index contributed by atoms with van der Waals surface area (Å²) in [4.78, 5) is 7.03. The summed E-state index contributed by atoms with van der Waals surface area (Å²) in [6.07, 6.45) is 2.52. The van der Waals surface area contributed by atoms with E-state index in [9.17, 15) is 0 Å². The van der Waals surface area contributed by atoms with Gasteiger partial charge in [0.25, 0.3) is 0 Å². The molecule has 4 rings (SSSR count). The Kier molecular flexibility index (Phi) is 5.30. The van der Waals surface area contributed by atoms with Crippen molar-refractivity contribution < 1.29 is 9.47 Å². The summed E-state index contributed by atoms with van der Waals surface area (Å²) in [7, 11) is 0. The molecule has 0 radical (unpaired) electrons. The van der Waals surface area contributed by atoms with E-state index in [0.29, 0.717) is 5.11 Å². The van der Waals surface area contributed by atoms with Crippen LogP contribution in [-0.2, 0) is 9.47 Å². The number of thiocarbonyl (C=S) groups is 1. The molecule has 25 heavy (non-hydrogen) atoms. The predicted octanol–water partition coefficient (Wildman–Crippen LogP) is 2.60. The maximum absolute atomic E-state index is 5.60. The molecule has 8 heteroatoms. The van der Waals surface area contributed by atoms with Gasteiger partial charge in [0.1, 0.15) is 0 Å². The fraction of sp³-hybridized carbons (Fsp3) is 0.529. The van der Waals surface area contributed by atoms with Crippen LogP contribution < -0.4 is 15.5 Å². The lowest BCUT2D eigenvalue weighted by atomic mass is 10.2. The molecule has 134 valence electrons. The van der Waals surface area contributed by atoms with Gasteiger partial charge in [-0.15, -0.1) is 0 Å². The van der Waals surface area contributed by atoms with Crippen molar-refractivity contribution in [2.75, 3.05) is 49.7 Å². The molecule has 2 aromatic rings. The van der Waals surface area contributed by atoms with Gasteiger partial charge in [0.05, 0.1) is 29.5 Å². The first-order chi connectivity index (χ1) is 12.3. The number of hydrogen-bond donors (Lipinski definition) is 2. The van der Waals surface area contributed by atoms with E-state index in [4.69, 9.17) is 26.7 Å². The van der Waals surface area contributed by atoms with Crippen LogP contribution in [0.25, 0.3) is 10.2 Å². The molecule has 6 nitrogen and oxygen atoms in total. The van der Waals surface area contributed by atoms with E-state index in [-0.39, 0.29) is 6.10 Å². The zero-order chi connectivity index (χ0) is 17.1. The number of anilines is 2. The largest absolute Gasteiger partial charge is 0.378 e. The van der Waals surface area contributed by atoms with Gasteiger partial charge in [0.15, 0.2) is 10.2 Å². The second kappa shape index (κ2) is 7.82. The van der Waals surface area contributed by atoms with E-state index < -0.39 is 0 Å². The Morgan fingerprint density at radius 1 is 1.32 bits per heavy atom. The topological polar surface area (TPSA) is 58.7 Å². The summed E-state index contributed by atoms with van der Waals surface area (Å²) < 4.78 is 12.2. The van der Waals surface area contributed by atoms with Gasteiger partial charge in [-0.2, -0.15) is 0 Å². The third kappa shape index (κ3) is 4.20. The smallest absolute Gasteiger partial charge is 0.186 e. The molecule has 0 aliphatic carbocycles. The fourth-order valence-corrected chi connectivity index (χ4v) is 4.32. The first-order valence-electron chi connectivity index (χ1n) is 8.68. The number of morpholine rings is 1. The van der Waals surface area contributed by atoms with Crippen LogP contribution in [-0.4, -0.2) is 55.7 Å². The maximum Gasteiger partial charge on any atom is 0.186 e. The van der Waals surface area contributed by atoms with Gasteiger partial charge in [-0.3, -0.25) is 0 Å². The summed E-state index contributed by atoms with van der Waals surface area (Å²) in [5.74, 6) is 0. The molecule has 0 saturated carbocycles. The highest BCUT2D eigenvalue weighted by molar-refractivity contribution is 7.80. The monoisotopic (exact) mass is 378 g/mol. The van der Waals surface area contributed by atoms with Crippen molar-refractivity contribution >= 4 is 49.7 Å². The number of hydrogen-bond acceptors (Lipinski definition) is 6. The average molecular weight is 379 g/mol. The van der Waals surface area contributed by atoms with Crippen LogP contribution in [0, 0.1) is 0 Å². The van der Waals surface area contributed by atoms with Crippen LogP contribution in [0.3, 0.4) is 0 Å². The van der Waals surface area contributed by atoms with Gasteiger partial charge in [0.2, 0.25) is 0 Å². The molecule has 1 aromatic carbocycles. The van der Waals surface area contributed by atoms with Crippen LogP contribution in [0.4, 0.5) is 10.8 Å². The third-order valence-corrected chi connectivity index (χ3v) is 5.76. The average Bonchev–Trinajstić information content (AvgIpc) is 3.30. The molecule has 0 amide bonds. The number of benzene rings is 1. The van der Waals surface area contributed by atoms with Crippen molar-refractivity contribution in [3.63, 3.8) is 0 Å². The van der Waals surface area contributed by atoms with Crippen LogP contribution >= 0.6 is 23.6 Å². The van der Waals surface area contributed by atoms with Crippen LogP contribution in [0.1, 0.15) is 12.8 Å². The Labute approximate surface area is 156 Å². The van der Waals surface area contributed by atoms with Crippen molar-refractivity contribution in [1.29, 1.82) is 0 Å². The van der Waals surface area contributed by atoms with Crippen LogP contribution in [0.15, 0.2) is 18.2 Å². The van der Waals surface area contributed by atoms with E-state index >= 15 is 0 Å². The minimum Gasteiger partial charge on any atom is -0.378 e. The molecular formula is C17H22N4O2S2. The van der Waals surface area contributed by atoms with Gasteiger partial charge < -0.3 is 25.0 Å². The molecule has 3 heterocycles. The van der Waals surface area contributed by atoms with Gasteiger partial charge in [-0.05, 0) is 43.3 Å². The number of thiazole rings is 1.